The van der Waals surface area contributed by atoms with Crippen molar-refractivity contribution in [1.29, 1.82) is 0 Å². The molecule has 0 aliphatic rings. The van der Waals surface area contributed by atoms with E-state index in [1.807, 2.05) is 0 Å². The van der Waals surface area contributed by atoms with Crippen LogP contribution in [-0.4, -0.2) is 34.0 Å². The number of para-hydroxylation sites is 1. The smallest absolute Gasteiger partial charge is 0.405 e. The number of halogens is 4. The fraction of sp³-hybridized carbons (Fsp3) is 0.316. The van der Waals surface area contributed by atoms with E-state index in [1.54, 1.807) is 37.4 Å². The number of sulfone groups is 1. The SMILES string of the molecule is CN=C(NCc1ccc(CS(C)(=O)=O)cc1)NCc1ccccc1OC(F)(F)F.I. The van der Waals surface area contributed by atoms with Crippen LogP contribution >= 0.6 is 24.0 Å². The van der Waals surface area contributed by atoms with Crippen LogP contribution in [0.15, 0.2) is 53.5 Å². The molecule has 0 aromatic heterocycles. The summed E-state index contributed by atoms with van der Waals surface area (Å²) >= 11 is 0. The summed E-state index contributed by atoms with van der Waals surface area (Å²) in [7, 11) is -1.55. The van der Waals surface area contributed by atoms with Crippen LogP contribution in [0.2, 0.25) is 0 Å². The zero-order valence-corrected chi connectivity index (χ0v) is 19.5. The molecule has 0 heterocycles. The van der Waals surface area contributed by atoms with Crippen LogP contribution in [0, 0.1) is 0 Å². The molecule has 0 amide bonds. The van der Waals surface area contributed by atoms with Crippen LogP contribution in [0.5, 0.6) is 5.75 Å². The molecule has 0 unspecified atom stereocenters. The number of alkyl halides is 3. The zero-order valence-electron chi connectivity index (χ0n) is 16.4. The monoisotopic (exact) mass is 557 g/mol. The maximum Gasteiger partial charge on any atom is 0.573 e. The number of hydrogen-bond donors (Lipinski definition) is 2. The molecule has 2 rings (SSSR count). The molecule has 2 aromatic carbocycles. The first-order chi connectivity index (χ1) is 13.6. The van der Waals surface area contributed by atoms with Gasteiger partial charge >= 0.3 is 6.36 Å². The van der Waals surface area contributed by atoms with Gasteiger partial charge in [0.05, 0.1) is 5.75 Å². The summed E-state index contributed by atoms with van der Waals surface area (Å²) in [6.07, 6.45) is -3.59. The van der Waals surface area contributed by atoms with Crippen molar-refractivity contribution in [2.45, 2.75) is 25.2 Å². The minimum absolute atomic E-state index is 0. The number of nitrogens with one attached hydrogen (secondary N) is 2. The Bertz CT molecular complexity index is 949. The third-order valence-corrected chi connectivity index (χ3v) is 4.64. The van der Waals surface area contributed by atoms with Crippen molar-refractivity contribution < 1.29 is 26.3 Å². The molecule has 0 fully saturated rings. The van der Waals surface area contributed by atoms with Gasteiger partial charge in [0, 0.05) is 32.0 Å². The Morgan fingerprint density at radius 1 is 1.00 bits per heavy atom. The van der Waals surface area contributed by atoms with E-state index in [0.29, 0.717) is 23.6 Å². The van der Waals surface area contributed by atoms with Crippen LogP contribution in [0.25, 0.3) is 0 Å². The van der Waals surface area contributed by atoms with Crippen LogP contribution in [0.4, 0.5) is 13.2 Å². The van der Waals surface area contributed by atoms with E-state index in [4.69, 9.17) is 0 Å². The highest BCUT2D eigenvalue weighted by Crippen LogP contribution is 2.26. The van der Waals surface area contributed by atoms with Gasteiger partial charge < -0.3 is 15.4 Å². The number of aliphatic imine (C=N–C) groups is 1. The minimum atomic E-state index is -4.76. The lowest BCUT2D eigenvalue weighted by molar-refractivity contribution is -0.274. The molecule has 11 heteroatoms. The summed E-state index contributed by atoms with van der Waals surface area (Å²) in [5.74, 6) is 0.0972. The lowest BCUT2D eigenvalue weighted by Crippen LogP contribution is -2.36. The van der Waals surface area contributed by atoms with Crippen LogP contribution in [0.1, 0.15) is 16.7 Å². The summed E-state index contributed by atoms with van der Waals surface area (Å²) in [5, 5.41) is 5.99. The molecular weight excluding hydrogens is 534 g/mol. The van der Waals surface area contributed by atoms with Crippen LogP contribution < -0.4 is 15.4 Å². The molecular formula is C19H23F3IN3O3S. The van der Waals surface area contributed by atoms with Crippen molar-refractivity contribution >= 4 is 39.8 Å². The lowest BCUT2D eigenvalue weighted by atomic mass is 10.1. The molecule has 2 N–H and O–H groups in total. The molecule has 0 radical (unpaired) electrons. The minimum Gasteiger partial charge on any atom is -0.405 e. The molecule has 0 saturated carbocycles. The number of hydrogen-bond acceptors (Lipinski definition) is 4. The Labute approximate surface area is 190 Å². The Morgan fingerprint density at radius 2 is 1.57 bits per heavy atom. The van der Waals surface area contributed by atoms with E-state index < -0.39 is 16.2 Å². The summed E-state index contributed by atoms with van der Waals surface area (Å²) in [6, 6.07) is 12.9. The highest BCUT2D eigenvalue weighted by Gasteiger charge is 2.31. The van der Waals surface area contributed by atoms with Crippen molar-refractivity contribution in [3.8, 4) is 5.75 Å². The van der Waals surface area contributed by atoms with Crippen molar-refractivity contribution in [3.05, 3.63) is 65.2 Å². The molecule has 0 aliphatic heterocycles. The molecule has 30 heavy (non-hydrogen) atoms. The average Bonchev–Trinajstić information content (AvgIpc) is 2.62. The summed E-state index contributed by atoms with van der Waals surface area (Å²) in [5.41, 5.74) is 1.92. The van der Waals surface area contributed by atoms with Gasteiger partial charge in [0.25, 0.3) is 0 Å². The Kier molecular flexibility index (Phi) is 9.88. The predicted molar refractivity (Wildman–Crippen MR) is 121 cm³/mol. The first-order valence-electron chi connectivity index (χ1n) is 8.59. The number of ether oxygens (including phenoxy) is 1. The first kappa shape index (κ1) is 26.0. The van der Waals surface area contributed by atoms with Gasteiger partial charge in [0.1, 0.15) is 5.75 Å². The summed E-state index contributed by atoms with van der Waals surface area (Å²) in [4.78, 5) is 4.04. The van der Waals surface area contributed by atoms with E-state index in [-0.39, 0.29) is 42.0 Å². The molecule has 6 nitrogen and oxygen atoms in total. The maximum absolute atomic E-state index is 12.5. The fourth-order valence-electron chi connectivity index (χ4n) is 2.52. The van der Waals surface area contributed by atoms with Gasteiger partial charge in [-0.3, -0.25) is 4.99 Å². The van der Waals surface area contributed by atoms with Crippen molar-refractivity contribution in [3.63, 3.8) is 0 Å². The number of rotatable bonds is 7. The van der Waals surface area contributed by atoms with Gasteiger partial charge in [0.2, 0.25) is 0 Å². The first-order valence-corrected chi connectivity index (χ1v) is 10.7. The summed E-state index contributed by atoms with van der Waals surface area (Å²) in [6.45, 7) is 0.485. The maximum atomic E-state index is 12.5. The topological polar surface area (TPSA) is 79.8 Å². The Balaban J connectivity index is 0.00000450. The van der Waals surface area contributed by atoms with Gasteiger partial charge in [-0.15, -0.1) is 37.1 Å². The third-order valence-electron chi connectivity index (χ3n) is 3.78. The standard InChI is InChI=1S/C19H22F3N3O3S.HI/c1-23-18(24-11-14-7-9-15(10-8-14)13-29(2,26)27)25-12-16-5-3-4-6-17(16)28-19(20,21)22;/h3-10H,11-13H2,1-2H3,(H2,23,24,25);1H. The molecule has 0 atom stereocenters. The molecule has 0 spiro atoms. The van der Waals surface area contributed by atoms with Crippen molar-refractivity contribution in [2.75, 3.05) is 13.3 Å². The van der Waals surface area contributed by atoms with Crippen LogP contribution in [-0.2, 0) is 28.7 Å². The lowest BCUT2D eigenvalue weighted by Gasteiger charge is -2.15. The molecule has 2 aromatic rings. The quantitative estimate of drug-likeness (QED) is 0.309. The van der Waals surface area contributed by atoms with Gasteiger partial charge in [-0.05, 0) is 17.2 Å². The Hall–Kier alpha value is -2.02. The number of nitrogens with zero attached hydrogens (tertiary/aromatic N) is 1. The van der Waals surface area contributed by atoms with Crippen molar-refractivity contribution in [2.24, 2.45) is 4.99 Å². The molecule has 0 saturated heterocycles. The van der Waals surface area contributed by atoms with E-state index >= 15 is 0 Å². The van der Waals surface area contributed by atoms with E-state index in [2.05, 4.69) is 20.4 Å². The second kappa shape index (κ2) is 11.4. The van der Waals surface area contributed by atoms with Gasteiger partial charge in [0.15, 0.2) is 15.8 Å². The van der Waals surface area contributed by atoms with E-state index in [0.717, 1.165) is 5.56 Å². The number of guanidine groups is 1. The third kappa shape index (κ3) is 9.65. The zero-order chi connectivity index (χ0) is 21.5. The molecule has 0 aliphatic carbocycles. The summed E-state index contributed by atoms with van der Waals surface area (Å²) < 4.78 is 64.2. The molecule has 0 bridgehead atoms. The second-order valence-electron chi connectivity index (χ2n) is 6.32. The fourth-order valence-corrected chi connectivity index (χ4v) is 3.31. The van der Waals surface area contributed by atoms with Gasteiger partial charge in [-0.2, -0.15) is 0 Å². The average molecular weight is 557 g/mol. The molecule has 166 valence electrons. The normalized spacial score (nSPS) is 12.1. The largest absolute Gasteiger partial charge is 0.573 e. The highest BCUT2D eigenvalue weighted by atomic mass is 127. The van der Waals surface area contributed by atoms with Crippen LogP contribution in [0.3, 0.4) is 0 Å². The predicted octanol–water partition coefficient (Wildman–Crippen LogP) is 3.61. The van der Waals surface area contributed by atoms with E-state index in [1.165, 1.54) is 24.5 Å². The van der Waals surface area contributed by atoms with Gasteiger partial charge in [-0.1, -0.05) is 42.5 Å². The number of benzene rings is 2. The van der Waals surface area contributed by atoms with E-state index in [9.17, 15) is 21.6 Å². The van der Waals surface area contributed by atoms with Gasteiger partial charge in [-0.25, -0.2) is 8.42 Å². The second-order valence-corrected chi connectivity index (χ2v) is 8.46. The Morgan fingerprint density at radius 3 is 2.13 bits per heavy atom. The van der Waals surface area contributed by atoms with Crippen molar-refractivity contribution in [1.82, 2.24) is 10.6 Å². The highest BCUT2D eigenvalue weighted by molar-refractivity contribution is 14.0.